The molecule has 0 aliphatic carbocycles. The van der Waals surface area contributed by atoms with Crippen LogP contribution in [0.15, 0.2) is 30.5 Å². The number of carbonyl (C=O) groups excluding carboxylic acids is 1. The zero-order valence-corrected chi connectivity index (χ0v) is 13.1. The fraction of sp³-hybridized carbons (Fsp3) is 0.471. The number of nitrogens with one attached hydrogen (secondary N) is 1. The van der Waals surface area contributed by atoms with Crippen molar-refractivity contribution in [3.05, 3.63) is 36.0 Å². The van der Waals surface area contributed by atoms with Gasteiger partial charge in [-0.3, -0.25) is 4.79 Å². The lowest BCUT2D eigenvalue weighted by atomic mass is 10.1. The van der Waals surface area contributed by atoms with E-state index in [1.165, 1.54) is 10.9 Å². The van der Waals surface area contributed by atoms with Gasteiger partial charge in [-0.25, -0.2) is 0 Å². The Bertz CT molecular complexity index is 616. The van der Waals surface area contributed by atoms with Crippen molar-refractivity contribution in [3.63, 3.8) is 0 Å². The molecular formula is C17H25N3O. The van der Waals surface area contributed by atoms with Crippen molar-refractivity contribution in [2.45, 2.75) is 39.8 Å². The third-order valence-corrected chi connectivity index (χ3v) is 3.99. The molecule has 1 atom stereocenters. The third kappa shape index (κ3) is 3.64. The van der Waals surface area contributed by atoms with Gasteiger partial charge in [0.1, 0.15) is 6.54 Å². The van der Waals surface area contributed by atoms with Crippen LogP contribution in [-0.2, 0) is 17.8 Å². The summed E-state index contributed by atoms with van der Waals surface area (Å²) < 4.78 is 2.02. The highest BCUT2D eigenvalue weighted by Gasteiger charge is 2.13. The van der Waals surface area contributed by atoms with Gasteiger partial charge < -0.3 is 15.6 Å². The van der Waals surface area contributed by atoms with Crippen LogP contribution in [0, 0.1) is 5.92 Å². The monoisotopic (exact) mass is 287 g/mol. The molecule has 3 N–H and O–H groups in total. The molecule has 2 rings (SSSR count). The van der Waals surface area contributed by atoms with Crippen molar-refractivity contribution in [1.29, 1.82) is 0 Å². The molecule has 4 heteroatoms. The van der Waals surface area contributed by atoms with Gasteiger partial charge in [0.15, 0.2) is 0 Å². The molecule has 4 nitrogen and oxygen atoms in total. The maximum atomic E-state index is 12.2. The summed E-state index contributed by atoms with van der Waals surface area (Å²) in [4.78, 5) is 12.2. The number of nitrogens with two attached hydrogens (primary N) is 1. The van der Waals surface area contributed by atoms with Gasteiger partial charge in [-0.15, -0.1) is 0 Å². The van der Waals surface area contributed by atoms with E-state index in [1.54, 1.807) is 0 Å². The summed E-state index contributed by atoms with van der Waals surface area (Å²) in [5, 5.41) is 4.24. The number of amides is 1. The largest absolute Gasteiger partial charge is 0.352 e. The quantitative estimate of drug-likeness (QED) is 0.856. The Morgan fingerprint density at radius 2 is 2.00 bits per heavy atom. The molecule has 0 aliphatic heterocycles. The standard InChI is InChI=1S/C17H25N3O/c1-12(2)13(3)19-17(21)11-20-10-14(8-9-18)15-6-4-5-7-16(15)20/h4-7,10,12-13H,8-9,11,18H2,1-3H3,(H,19,21). The Balaban J connectivity index is 2.20. The molecule has 1 aromatic carbocycles. The molecule has 1 amide bonds. The second-order valence-corrected chi connectivity index (χ2v) is 5.94. The van der Waals surface area contributed by atoms with E-state index in [-0.39, 0.29) is 11.9 Å². The number of nitrogens with zero attached hydrogens (tertiary/aromatic N) is 1. The van der Waals surface area contributed by atoms with Crippen LogP contribution in [0.1, 0.15) is 26.3 Å². The van der Waals surface area contributed by atoms with Crippen LogP contribution >= 0.6 is 0 Å². The van der Waals surface area contributed by atoms with E-state index < -0.39 is 0 Å². The SMILES string of the molecule is CC(C)C(C)NC(=O)Cn1cc(CCN)c2ccccc21. The molecule has 1 aromatic heterocycles. The average Bonchev–Trinajstić information content (AvgIpc) is 2.77. The number of para-hydroxylation sites is 1. The van der Waals surface area contributed by atoms with Crippen molar-refractivity contribution in [1.82, 2.24) is 9.88 Å². The van der Waals surface area contributed by atoms with Crippen molar-refractivity contribution < 1.29 is 4.79 Å². The predicted octanol–water partition coefficient (Wildman–Crippen LogP) is 2.30. The van der Waals surface area contributed by atoms with Crippen molar-refractivity contribution in [2.24, 2.45) is 11.7 Å². The predicted molar refractivity (Wildman–Crippen MR) is 87.1 cm³/mol. The van der Waals surface area contributed by atoms with Gasteiger partial charge in [0.25, 0.3) is 0 Å². The van der Waals surface area contributed by atoms with E-state index in [2.05, 4.69) is 37.5 Å². The molecule has 1 unspecified atom stereocenters. The van der Waals surface area contributed by atoms with Crippen molar-refractivity contribution in [2.75, 3.05) is 6.54 Å². The summed E-state index contributed by atoms with van der Waals surface area (Å²) in [5.74, 6) is 0.486. The number of aromatic nitrogens is 1. The van der Waals surface area contributed by atoms with Crippen LogP contribution in [-0.4, -0.2) is 23.1 Å². The molecule has 0 bridgehead atoms. The Hall–Kier alpha value is -1.81. The lowest BCUT2D eigenvalue weighted by Gasteiger charge is -2.17. The van der Waals surface area contributed by atoms with E-state index in [0.717, 1.165) is 11.9 Å². The highest BCUT2D eigenvalue weighted by atomic mass is 16.2. The summed E-state index contributed by atoms with van der Waals surface area (Å²) in [6.45, 7) is 7.22. The first-order valence-corrected chi connectivity index (χ1v) is 7.59. The van der Waals surface area contributed by atoms with Crippen LogP contribution < -0.4 is 11.1 Å². The van der Waals surface area contributed by atoms with E-state index in [9.17, 15) is 4.79 Å². The first kappa shape index (κ1) is 15.6. The van der Waals surface area contributed by atoms with E-state index in [0.29, 0.717) is 19.0 Å². The van der Waals surface area contributed by atoms with Gasteiger partial charge in [0, 0.05) is 23.1 Å². The molecule has 0 spiro atoms. The lowest BCUT2D eigenvalue weighted by molar-refractivity contribution is -0.122. The molecule has 0 saturated carbocycles. The molecule has 114 valence electrons. The van der Waals surface area contributed by atoms with Crippen LogP contribution in [0.3, 0.4) is 0 Å². The highest BCUT2D eigenvalue weighted by molar-refractivity contribution is 5.86. The Morgan fingerprint density at radius 3 is 2.67 bits per heavy atom. The summed E-state index contributed by atoms with van der Waals surface area (Å²) in [6, 6.07) is 8.34. The second-order valence-electron chi connectivity index (χ2n) is 5.94. The number of rotatable bonds is 6. The molecular weight excluding hydrogens is 262 g/mol. The van der Waals surface area contributed by atoms with E-state index >= 15 is 0 Å². The summed E-state index contributed by atoms with van der Waals surface area (Å²) in [7, 11) is 0. The zero-order chi connectivity index (χ0) is 15.4. The maximum Gasteiger partial charge on any atom is 0.240 e. The first-order valence-electron chi connectivity index (χ1n) is 7.59. The van der Waals surface area contributed by atoms with Gasteiger partial charge in [0.2, 0.25) is 5.91 Å². The van der Waals surface area contributed by atoms with Gasteiger partial charge in [-0.1, -0.05) is 32.0 Å². The van der Waals surface area contributed by atoms with Gasteiger partial charge in [-0.05, 0) is 37.4 Å². The highest BCUT2D eigenvalue weighted by Crippen LogP contribution is 2.21. The first-order chi connectivity index (χ1) is 10.0. The normalized spacial score (nSPS) is 12.8. The van der Waals surface area contributed by atoms with Crippen LogP contribution in [0.25, 0.3) is 10.9 Å². The fourth-order valence-corrected chi connectivity index (χ4v) is 2.43. The summed E-state index contributed by atoms with van der Waals surface area (Å²) in [5.41, 5.74) is 7.97. The summed E-state index contributed by atoms with van der Waals surface area (Å²) >= 11 is 0. The molecule has 21 heavy (non-hydrogen) atoms. The van der Waals surface area contributed by atoms with Gasteiger partial charge in [-0.2, -0.15) is 0 Å². The number of hydrogen-bond acceptors (Lipinski definition) is 2. The smallest absolute Gasteiger partial charge is 0.240 e. The van der Waals surface area contributed by atoms with E-state index in [4.69, 9.17) is 5.73 Å². The molecule has 1 heterocycles. The molecule has 2 aromatic rings. The van der Waals surface area contributed by atoms with Crippen LogP contribution in [0.5, 0.6) is 0 Å². The molecule has 0 fully saturated rings. The minimum Gasteiger partial charge on any atom is -0.352 e. The molecule has 0 aliphatic rings. The number of carbonyl (C=O) groups is 1. The minimum atomic E-state index is 0.0521. The Labute approximate surface area is 126 Å². The summed E-state index contributed by atoms with van der Waals surface area (Å²) in [6.07, 6.45) is 2.88. The van der Waals surface area contributed by atoms with Gasteiger partial charge in [0.05, 0.1) is 0 Å². The van der Waals surface area contributed by atoms with Crippen molar-refractivity contribution in [3.8, 4) is 0 Å². The lowest BCUT2D eigenvalue weighted by Crippen LogP contribution is -2.38. The average molecular weight is 287 g/mol. The fourth-order valence-electron chi connectivity index (χ4n) is 2.43. The van der Waals surface area contributed by atoms with Crippen LogP contribution in [0.2, 0.25) is 0 Å². The second kappa shape index (κ2) is 6.76. The molecule has 0 saturated heterocycles. The Kier molecular flexibility index (Phi) is 5.02. The van der Waals surface area contributed by atoms with Crippen molar-refractivity contribution >= 4 is 16.8 Å². The Morgan fingerprint density at radius 1 is 1.29 bits per heavy atom. The molecule has 0 radical (unpaired) electrons. The zero-order valence-electron chi connectivity index (χ0n) is 13.1. The third-order valence-electron chi connectivity index (χ3n) is 3.99. The van der Waals surface area contributed by atoms with Crippen LogP contribution in [0.4, 0.5) is 0 Å². The maximum absolute atomic E-state index is 12.2. The van der Waals surface area contributed by atoms with Gasteiger partial charge >= 0.3 is 0 Å². The number of hydrogen-bond donors (Lipinski definition) is 2. The number of benzene rings is 1. The number of fused-ring (bicyclic) bond motifs is 1. The minimum absolute atomic E-state index is 0.0521. The topological polar surface area (TPSA) is 60.0 Å². The van der Waals surface area contributed by atoms with E-state index in [1.807, 2.05) is 23.6 Å².